The summed E-state index contributed by atoms with van der Waals surface area (Å²) in [5.74, 6) is 1.16. The van der Waals surface area contributed by atoms with E-state index in [0.717, 1.165) is 43.0 Å². The van der Waals surface area contributed by atoms with Gasteiger partial charge in [-0.2, -0.15) is 4.98 Å². The average Bonchev–Trinajstić information content (AvgIpc) is 2.50. The highest BCUT2D eigenvalue weighted by atomic mass is 79.9. The van der Waals surface area contributed by atoms with Crippen molar-refractivity contribution in [1.82, 2.24) is 9.97 Å². The highest BCUT2D eigenvalue weighted by Gasteiger charge is 2.14. The summed E-state index contributed by atoms with van der Waals surface area (Å²) in [6.45, 7) is 3.33. The Morgan fingerprint density at radius 3 is 3.13 bits per heavy atom. The first-order valence-corrected chi connectivity index (χ1v) is 5.67. The van der Waals surface area contributed by atoms with Crippen LogP contribution in [0.15, 0.2) is 10.7 Å². The molecule has 0 spiro atoms. The summed E-state index contributed by atoms with van der Waals surface area (Å²) in [5.41, 5.74) is 5.57. The van der Waals surface area contributed by atoms with Gasteiger partial charge in [-0.1, -0.05) is 0 Å². The van der Waals surface area contributed by atoms with Crippen LogP contribution in [0.4, 0.5) is 11.8 Å². The first-order chi connectivity index (χ1) is 7.27. The molecule has 0 saturated carbocycles. The number of aromatic nitrogens is 2. The molecule has 82 valence electrons. The highest BCUT2D eigenvalue weighted by molar-refractivity contribution is 9.10. The van der Waals surface area contributed by atoms with Crippen molar-refractivity contribution in [3.8, 4) is 0 Å². The summed E-state index contributed by atoms with van der Waals surface area (Å²) in [5, 5.41) is 0. The number of anilines is 2. The van der Waals surface area contributed by atoms with Gasteiger partial charge in [-0.05, 0) is 22.4 Å². The standard InChI is InChI=1S/C9H13BrN4O/c10-7-6-12-9(11)13-8(7)14-2-1-4-15-5-3-14/h6H,1-5H2,(H2,11,12,13). The van der Waals surface area contributed by atoms with Gasteiger partial charge < -0.3 is 15.4 Å². The third kappa shape index (κ3) is 2.57. The molecule has 5 nitrogen and oxygen atoms in total. The predicted molar refractivity (Wildman–Crippen MR) is 61.8 cm³/mol. The molecule has 0 bridgehead atoms. The number of halogens is 1. The van der Waals surface area contributed by atoms with E-state index in [2.05, 4.69) is 30.8 Å². The predicted octanol–water partition coefficient (Wildman–Crippen LogP) is 1.05. The lowest BCUT2D eigenvalue weighted by Gasteiger charge is -2.21. The minimum atomic E-state index is 0.304. The van der Waals surface area contributed by atoms with Gasteiger partial charge in [0.1, 0.15) is 5.82 Å². The van der Waals surface area contributed by atoms with Gasteiger partial charge in [0, 0.05) is 25.9 Å². The van der Waals surface area contributed by atoms with Crippen LogP contribution in [0.25, 0.3) is 0 Å². The molecule has 0 radical (unpaired) electrons. The van der Waals surface area contributed by atoms with E-state index in [4.69, 9.17) is 10.5 Å². The maximum Gasteiger partial charge on any atom is 0.222 e. The Bertz CT molecular complexity index is 339. The van der Waals surface area contributed by atoms with Gasteiger partial charge in [-0.3, -0.25) is 0 Å². The number of hydrogen-bond acceptors (Lipinski definition) is 5. The van der Waals surface area contributed by atoms with Crippen LogP contribution in [-0.4, -0.2) is 36.3 Å². The van der Waals surface area contributed by atoms with Gasteiger partial charge in [0.15, 0.2) is 0 Å². The zero-order valence-electron chi connectivity index (χ0n) is 8.32. The number of nitrogen functional groups attached to an aromatic ring is 1. The molecule has 1 aromatic rings. The lowest BCUT2D eigenvalue weighted by Crippen LogP contribution is -2.27. The Hall–Kier alpha value is -0.880. The van der Waals surface area contributed by atoms with Gasteiger partial charge in [-0.15, -0.1) is 0 Å². The van der Waals surface area contributed by atoms with Crippen LogP contribution in [0.1, 0.15) is 6.42 Å². The normalized spacial score (nSPS) is 17.5. The van der Waals surface area contributed by atoms with E-state index < -0.39 is 0 Å². The van der Waals surface area contributed by atoms with Gasteiger partial charge in [0.05, 0.1) is 11.1 Å². The van der Waals surface area contributed by atoms with Gasteiger partial charge in [-0.25, -0.2) is 4.98 Å². The largest absolute Gasteiger partial charge is 0.380 e. The van der Waals surface area contributed by atoms with E-state index in [1.807, 2.05) is 0 Å². The van der Waals surface area contributed by atoms with E-state index in [-0.39, 0.29) is 0 Å². The second kappa shape index (κ2) is 4.76. The summed E-state index contributed by atoms with van der Waals surface area (Å²) in [7, 11) is 0. The van der Waals surface area contributed by atoms with Crippen molar-refractivity contribution >= 4 is 27.7 Å². The fraction of sp³-hybridized carbons (Fsp3) is 0.556. The molecule has 0 aliphatic carbocycles. The number of nitrogens with two attached hydrogens (primary N) is 1. The third-order valence-corrected chi connectivity index (χ3v) is 2.83. The molecule has 1 fully saturated rings. The van der Waals surface area contributed by atoms with Gasteiger partial charge in [0.25, 0.3) is 0 Å². The second-order valence-electron chi connectivity index (χ2n) is 3.35. The lowest BCUT2D eigenvalue weighted by atomic mass is 10.4. The molecule has 0 atom stereocenters. The molecule has 1 aromatic heterocycles. The van der Waals surface area contributed by atoms with Crippen LogP contribution in [0.5, 0.6) is 0 Å². The molecule has 2 heterocycles. The number of hydrogen-bond donors (Lipinski definition) is 1. The Kier molecular flexibility index (Phi) is 3.37. The zero-order chi connectivity index (χ0) is 10.7. The molecule has 0 aromatic carbocycles. The van der Waals surface area contributed by atoms with Crippen LogP contribution in [0, 0.1) is 0 Å². The Balaban J connectivity index is 2.22. The van der Waals surface area contributed by atoms with Crippen LogP contribution < -0.4 is 10.6 Å². The quantitative estimate of drug-likeness (QED) is 0.828. The molecule has 0 unspecified atom stereocenters. The summed E-state index contributed by atoms with van der Waals surface area (Å²) in [6, 6.07) is 0. The molecular weight excluding hydrogens is 260 g/mol. The molecule has 0 amide bonds. The summed E-state index contributed by atoms with van der Waals surface area (Å²) in [4.78, 5) is 10.3. The van der Waals surface area contributed by atoms with E-state index in [1.165, 1.54) is 0 Å². The second-order valence-corrected chi connectivity index (χ2v) is 4.21. The van der Waals surface area contributed by atoms with Crippen LogP contribution >= 0.6 is 15.9 Å². The molecule has 2 N–H and O–H groups in total. The van der Waals surface area contributed by atoms with Crippen molar-refractivity contribution in [3.05, 3.63) is 10.7 Å². The van der Waals surface area contributed by atoms with Gasteiger partial charge >= 0.3 is 0 Å². The van der Waals surface area contributed by atoms with Crippen molar-refractivity contribution < 1.29 is 4.74 Å². The fourth-order valence-corrected chi connectivity index (χ4v) is 1.99. The average molecular weight is 273 g/mol. The van der Waals surface area contributed by atoms with Crippen molar-refractivity contribution in [1.29, 1.82) is 0 Å². The van der Waals surface area contributed by atoms with E-state index >= 15 is 0 Å². The van der Waals surface area contributed by atoms with Crippen LogP contribution in [-0.2, 0) is 4.74 Å². The highest BCUT2D eigenvalue weighted by Crippen LogP contribution is 2.24. The molecule has 1 saturated heterocycles. The minimum absolute atomic E-state index is 0.304. The summed E-state index contributed by atoms with van der Waals surface area (Å²) < 4.78 is 6.26. The van der Waals surface area contributed by atoms with Crippen molar-refractivity contribution in [2.45, 2.75) is 6.42 Å². The monoisotopic (exact) mass is 272 g/mol. The topological polar surface area (TPSA) is 64.3 Å². The summed E-state index contributed by atoms with van der Waals surface area (Å²) in [6.07, 6.45) is 2.69. The van der Waals surface area contributed by atoms with E-state index in [1.54, 1.807) is 6.20 Å². The molecule has 6 heteroatoms. The molecule has 2 rings (SSSR count). The number of rotatable bonds is 1. The summed E-state index contributed by atoms with van der Waals surface area (Å²) >= 11 is 3.43. The molecule has 1 aliphatic rings. The van der Waals surface area contributed by atoms with Crippen molar-refractivity contribution in [2.75, 3.05) is 36.9 Å². The van der Waals surface area contributed by atoms with Crippen LogP contribution in [0.3, 0.4) is 0 Å². The maximum atomic E-state index is 5.57. The third-order valence-electron chi connectivity index (χ3n) is 2.27. The maximum absolute atomic E-state index is 5.57. The van der Waals surface area contributed by atoms with E-state index in [0.29, 0.717) is 5.95 Å². The van der Waals surface area contributed by atoms with Gasteiger partial charge in [0.2, 0.25) is 5.95 Å². The van der Waals surface area contributed by atoms with Crippen LogP contribution in [0.2, 0.25) is 0 Å². The van der Waals surface area contributed by atoms with E-state index in [9.17, 15) is 0 Å². The SMILES string of the molecule is Nc1ncc(Br)c(N2CCCOCC2)n1. The first kappa shape index (κ1) is 10.6. The lowest BCUT2D eigenvalue weighted by molar-refractivity contribution is 0.152. The van der Waals surface area contributed by atoms with Crippen molar-refractivity contribution in [3.63, 3.8) is 0 Å². The number of ether oxygens (including phenoxy) is 1. The first-order valence-electron chi connectivity index (χ1n) is 4.88. The number of nitrogens with zero attached hydrogens (tertiary/aromatic N) is 3. The fourth-order valence-electron chi connectivity index (χ4n) is 1.55. The minimum Gasteiger partial charge on any atom is -0.380 e. The molecular formula is C9H13BrN4O. The zero-order valence-corrected chi connectivity index (χ0v) is 9.90. The smallest absolute Gasteiger partial charge is 0.222 e. The Morgan fingerprint density at radius 2 is 2.27 bits per heavy atom. The van der Waals surface area contributed by atoms with Crippen molar-refractivity contribution in [2.24, 2.45) is 0 Å². The Labute approximate surface area is 96.8 Å². The molecule has 15 heavy (non-hydrogen) atoms. The molecule has 1 aliphatic heterocycles. The Morgan fingerprint density at radius 1 is 1.40 bits per heavy atom.